The Hall–Kier alpha value is -0.360. The van der Waals surface area contributed by atoms with Crippen LogP contribution in [0.3, 0.4) is 0 Å². The highest BCUT2D eigenvalue weighted by Gasteiger charge is 2.46. The fourth-order valence-corrected chi connectivity index (χ4v) is 3.98. The second-order valence-electron chi connectivity index (χ2n) is 3.35. The van der Waals surface area contributed by atoms with E-state index in [1.807, 2.05) is 0 Å². The van der Waals surface area contributed by atoms with E-state index in [-0.39, 0.29) is 0 Å². The van der Waals surface area contributed by atoms with Crippen molar-refractivity contribution in [2.75, 3.05) is 6.26 Å². The summed E-state index contributed by atoms with van der Waals surface area (Å²) in [6.45, 7) is 4.79. The van der Waals surface area contributed by atoms with Gasteiger partial charge in [0.15, 0.2) is 0 Å². The van der Waals surface area contributed by atoms with Gasteiger partial charge in [-0.1, -0.05) is 0 Å². The minimum atomic E-state index is -0.907. The Morgan fingerprint density at radius 3 is 2.07 bits per heavy atom. The van der Waals surface area contributed by atoms with Gasteiger partial charge in [0.1, 0.15) is 22.3 Å². The summed E-state index contributed by atoms with van der Waals surface area (Å²) in [7, 11) is 0.665. The molecule has 2 atom stereocenters. The molecule has 14 heavy (non-hydrogen) atoms. The van der Waals surface area contributed by atoms with Gasteiger partial charge in [0.05, 0.1) is 9.93 Å². The molecule has 2 unspecified atom stereocenters. The van der Waals surface area contributed by atoms with Crippen LogP contribution in [0.1, 0.15) is 20.8 Å². The molecule has 0 bridgehead atoms. The monoisotopic (exact) mass is 239 g/mol. The molecule has 0 saturated carbocycles. The molecule has 6 heteroatoms. The molecule has 0 aromatic heterocycles. The molecule has 2 N–H and O–H groups in total. The van der Waals surface area contributed by atoms with E-state index in [0.717, 1.165) is 0 Å². The molecule has 0 amide bonds. The predicted molar refractivity (Wildman–Crippen MR) is 59.7 cm³/mol. The molecule has 82 valence electrons. The van der Waals surface area contributed by atoms with Crippen LogP contribution in [0.15, 0.2) is 0 Å². The Kier molecular flexibility index (Phi) is 4.80. The molecule has 0 radical (unpaired) electrons. The molecule has 0 fully saturated rings. The van der Waals surface area contributed by atoms with Gasteiger partial charge >= 0.3 is 11.9 Å². The van der Waals surface area contributed by atoms with Crippen LogP contribution < -0.4 is 0 Å². The van der Waals surface area contributed by atoms with Crippen molar-refractivity contribution in [3.8, 4) is 0 Å². The third-order valence-electron chi connectivity index (χ3n) is 1.87. The lowest BCUT2D eigenvalue weighted by molar-refractivity contribution is -0.139. The predicted octanol–water partition coefficient (Wildman–Crippen LogP) is 1.22. The van der Waals surface area contributed by atoms with Crippen LogP contribution in [-0.2, 0) is 19.5 Å². The van der Waals surface area contributed by atoms with E-state index in [9.17, 15) is 9.59 Å². The molecule has 0 aliphatic carbocycles. The first-order valence-corrected chi connectivity index (χ1v) is 7.02. The van der Waals surface area contributed by atoms with Crippen molar-refractivity contribution in [2.45, 2.75) is 30.8 Å². The molecule has 0 aliphatic rings. The van der Waals surface area contributed by atoms with E-state index in [0.29, 0.717) is 0 Å². The second kappa shape index (κ2) is 4.93. The van der Waals surface area contributed by atoms with Gasteiger partial charge in [-0.3, -0.25) is 4.79 Å². The van der Waals surface area contributed by atoms with Crippen molar-refractivity contribution in [3.05, 3.63) is 0 Å². The first kappa shape index (κ1) is 13.6. The van der Waals surface area contributed by atoms with Gasteiger partial charge in [0.25, 0.3) is 0 Å². The van der Waals surface area contributed by atoms with Crippen LogP contribution >= 0.6 is 10.8 Å². The minimum absolute atomic E-state index is 0.525. The third kappa shape index (κ3) is 3.42. The highest BCUT2D eigenvalue weighted by Crippen LogP contribution is 2.31. The number of aliphatic carboxylic acids is 2. The average molecular weight is 239 g/mol. The summed E-state index contributed by atoms with van der Waals surface area (Å²) in [4.78, 5) is 21.4. The van der Waals surface area contributed by atoms with Crippen LogP contribution in [0.2, 0.25) is 0 Å². The molecular formula is C8H15O4S2+. The lowest BCUT2D eigenvalue weighted by Gasteiger charge is -2.17. The molecule has 4 nitrogen and oxygen atoms in total. The standard InChI is InChI=1S/C8H14O4S2/c1-5(6(9)10)13-14(4)8(2,3)7(11)12/h5H,1-4H3,(H-,9,10,11,12)/p+1. The molecule has 0 aliphatic heterocycles. The number of rotatable bonds is 5. The van der Waals surface area contributed by atoms with E-state index in [1.54, 1.807) is 27.0 Å². The zero-order chi connectivity index (χ0) is 11.5. The smallest absolute Gasteiger partial charge is 0.360 e. The van der Waals surface area contributed by atoms with Gasteiger partial charge in [-0.15, -0.1) is 0 Å². The maximum atomic E-state index is 10.9. The van der Waals surface area contributed by atoms with Crippen molar-refractivity contribution in [1.82, 2.24) is 0 Å². The minimum Gasteiger partial charge on any atom is -0.480 e. The largest absolute Gasteiger partial charge is 0.480 e. The van der Waals surface area contributed by atoms with Crippen molar-refractivity contribution in [1.29, 1.82) is 0 Å². The van der Waals surface area contributed by atoms with E-state index in [4.69, 9.17) is 10.2 Å². The van der Waals surface area contributed by atoms with E-state index in [2.05, 4.69) is 0 Å². The number of hydrogen-bond donors (Lipinski definition) is 2. The first-order valence-electron chi connectivity index (χ1n) is 3.99. The second-order valence-corrected chi connectivity index (χ2v) is 8.25. The van der Waals surface area contributed by atoms with Crippen molar-refractivity contribution in [2.24, 2.45) is 0 Å². The van der Waals surface area contributed by atoms with Gasteiger partial charge < -0.3 is 10.2 Å². The summed E-state index contributed by atoms with van der Waals surface area (Å²) in [6, 6.07) is 0. The van der Waals surface area contributed by atoms with Crippen molar-refractivity contribution >= 4 is 32.7 Å². The Bertz CT molecular complexity index is 239. The summed E-state index contributed by atoms with van der Waals surface area (Å²) in [5, 5.41) is 17.0. The molecule has 0 heterocycles. The average Bonchev–Trinajstić information content (AvgIpc) is 2.03. The fraction of sp³-hybridized carbons (Fsp3) is 0.750. The quantitative estimate of drug-likeness (QED) is 0.557. The molecular weight excluding hydrogens is 224 g/mol. The van der Waals surface area contributed by atoms with E-state index >= 15 is 0 Å². The molecule has 0 spiro atoms. The SMILES string of the molecule is CC(S[S+](C)C(C)(C)C(=O)O)C(=O)O. The van der Waals surface area contributed by atoms with Crippen LogP contribution in [-0.4, -0.2) is 38.4 Å². The van der Waals surface area contributed by atoms with Crippen LogP contribution in [0.5, 0.6) is 0 Å². The van der Waals surface area contributed by atoms with Gasteiger partial charge in [-0.05, 0) is 20.8 Å². The topological polar surface area (TPSA) is 74.6 Å². The third-order valence-corrected chi connectivity index (χ3v) is 7.24. The van der Waals surface area contributed by atoms with Gasteiger partial charge in [0, 0.05) is 0 Å². The van der Waals surface area contributed by atoms with Crippen LogP contribution in [0.4, 0.5) is 0 Å². The first-order chi connectivity index (χ1) is 6.19. The summed E-state index contributed by atoms with van der Waals surface area (Å²) < 4.78 is -0.881. The Morgan fingerprint density at radius 1 is 1.36 bits per heavy atom. The van der Waals surface area contributed by atoms with E-state index < -0.39 is 31.9 Å². The molecule has 0 aromatic carbocycles. The number of carboxylic acid groups (broad SMARTS) is 2. The highest BCUT2D eigenvalue weighted by atomic mass is 33.1. The normalized spacial score (nSPS) is 16.0. The maximum absolute atomic E-state index is 10.9. The van der Waals surface area contributed by atoms with Gasteiger partial charge in [-0.2, -0.15) is 0 Å². The summed E-state index contributed by atoms with van der Waals surface area (Å²) in [5.41, 5.74) is 0. The number of hydrogen-bond acceptors (Lipinski definition) is 3. The zero-order valence-electron chi connectivity index (χ0n) is 8.60. The number of carbonyl (C=O) groups is 2. The zero-order valence-corrected chi connectivity index (χ0v) is 10.2. The highest BCUT2D eigenvalue weighted by molar-refractivity contribution is 8.75. The Labute approximate surface area is 89.8 Å². The lowest BCUT2D eigenvalue weighted by atomic mass is 10.2. The summed E-state index contributed by atoms with van der Waals surface area (Å²) >= 11 is 0. The van der Waals surface area contributed by atoms with Crippen LogP contribution in [0, 0.1) is 0 Å². The fourth-order valence-electron chi connectivity index (χ4n) is 0.501. The number of carboxylic acids is 2. The summed E-state index contributed by atoms with van der Waals surface area (Å²) in [6.07, 6.45) is 1.76. The van der Waals surface area contributed by atoms with Gasteiger partial charge in [0.2, 0.25) is 4.75 Å². The van der Waals surface area contributed by atoms with E-state index in [1.165, 1.54) is 10.8 Å². The lowest BCUT2D eigenvalue weighted by Crippen LogP contribution is -2.39. The van der Waals surface area contributed by atoms with Gasteiger partial charge in [-0.25, -0.2) is 4.79 Å². The Morgan fingerprint density at radius 2 is 1.79 bits per heavy atom. The Balaban J connectivity index is 4.41. The maximum Gasteiger partial charge on any atom is 0.360 e. The molecule has 0 rings (SSSR count). The molecule has 0 saturated heterocycles. The van der Waals surface area contributed by atoms with Crippen LogP contribution in [0.25, 0.3) is 0 Å². The van der Waals surface area contributed by atoms with Crippen molar-refractivity contribution < 1.29 is 19.8 Å². The molecule has 0 aromatic rings. The summed E-state index contributed by atoms with van der Waals surface area (Å²) in [5.74, 6) is -1.80. The van der Waals surface area contributed by atoms with Crippen molar-refractivity contribution in [3.63, 3.8) is 0 Å².